The number of rotatable bonds is 4. The van der Waals surface area contributed by atoms with Crippen molar-refractivity contribution in [2.75, 3.05) is 0 Å². The zero-order valence-corrected chi connectivity index (χ0v) is 12.2. The number of hydrogen-bond acceptors (Lipinski definition) is 3. The van der Waals surface area contributed by atoms with Crippen LogP contribution in [0.4, 0.5) is 0 Å². The highest BCUT2D eigenvalue weighted by Gasteiger charge is 2.13. The third-order valence-electron chi connectivity index (χ3n) is 3.03. The summed E-state index contributed by atoms with van der Waals surface area (Å²) in [4.78, 5) is 4.59. The number of hydrogen-bond donors (Lipinski definition) is 1. The maximum Gasteiger partial charge on any atom is 0.154 e. The first-order valence-corrected chi connectivity index (χ1v) is 6.77. The van der Waals surface area contributed by atoms with Crippen LogP contribution in [0.3, 0.4) is 0 Å². The molecule has 0 bridgehead atoms. The SMILES string of the molecule is CCCc1cc(CO)cc(-n2nc(C)c(Cl)c2C)n1. The molecule has 0 spiro atoms. The van der Waals surface area contributed by atoms with E-state index in [1.165, 1.54) is 0 Å². The van der Waals surface area contributed by atoms with E-state index in [4.69, 9.17) is 11.6 Å². The van der Waals surface area contributed by atoms with Gasteiger partial charge in [0, 0.05) is 5.69 Å². The quantitative estimate of drug-likeness (QED) is 0.936. The van der Waals surface area contributed by atoms with Crippen LogP contribution >= 0.6 is 11.6 Å². The van der Waals surface area contributed by atoms with Crippen molar-refractivity contribution in [3.8, 4) is 5.82 Å². The molecule has 0 radical (unpaired) electrons. The average Bonchev–Trinajstić information content (AvgIpc) is 2.66. The van der Waals surface area contributed by atoms with E-state index in [1.54, 1.807) is 4.68 Å². The van der Waals surface area contributed by atoms with Gasteiger partial charge in [-0.05, 0) is 38.0 Å². The lowest BCUT2D eigenvalue weighted by Gasteiger charge is -2.08. The molecule has 0 unspecified atom stereocenters. The van der Waals surface area contributed by atoms with Gasteiger partial charge in [-0.1, -0.05) is 24.9 Å². The van der Waals surface area contributed by atoms with Crippen molar-refractivity contribution in [1.82, 2.24) is 14.8 Å². The summed E-state index contributed by atoms with van der Waals surface area (Å²) in [6, 6.07) is 3.77. The molecule has 4 nitrogen and oxygen atoms in total. The predicted molar refractivity (Wildman–Crippen MR) is 75.8 cm³/mol. The van der Waals surface area contributed by atoms with Gasteiger partial charge < -0.3 is 5.11 Å². The molecule has 0 saturated carbocycles. The Morgan fingerprint density at radius 2 is 2.05 bits per heavy atom. The summed E-state index contributed by atoms with van der Waals surface area (Å²) in [5.41, 5.74) is 3.46. The number of pyridine rings is 1. The molecule has 2 aromatic rings. The van der Waals surface area contributed by atoms with E-state index in [0.29, 0.717) is 10.8 Å². The van der Waals surface area contributed by atoms with Crippen LogP contribution in [0.2, 0.25) is 5.02 Å². The fourth-order valence-corrected chi connectivity index (χ4v) is 2.18. The van der Waals surface area contributed by atoms with Crippen LogP contribution in [0.15, 0.2) is 12.1 Å². The monoisotopic (exact) mass is 279 g/mol. The second-order valence-corrected chi connectivity index (χ2v) is 5.01. The van der Waals surface area contributed by atoms with Crippen molar-refractivity contribution in [2.45, 2.75) is 40.2 Å². The van der Waals surface area contributed by atoms with Gasteiger partial charge >= 0.3 is 0 Å². The van der Waals surface area contributed by atoms with Gasteiger partial charge in [0.15, 0.2) is 5.82 Å². The molecule has 19 heavy (non-hydrogen) atoms. The van der Waals surface area contributed by atoms with Crippen molar-refractivity contribution >= 4 is 11.6 Å². The minimum absolute atomic E-state index is 0.000729. The molecule has 0 aliphatic rings. The minimum atomic E-state index is -0.000729. The summed E-state index contributed by atoms with van der Waals surface area (Å²) in [5.74, 6) is 0.711. The number of halogens is 1. The van der Waals surface area contributed by atoms with Crippen LogP contribution in [0.1, 0.15) is 36.0 Å². The van der Waals surface area contributed by atoms with Gasteiger partial charge in [-0.3, -0.25) is 0 Å². The van der Waals surface area contributed by atoms with Crippen molar-refractivity contribution in [3.05, 3.63) is 39.8 Å². The van der Waals surface area contributed by atoms with Gasteiger partial charge in [-0.25, -0.2) is 9.67 Å². The molecule has 0 aromatic carbocycles. The molecule has 5 heteroatoms. The first-order chi connectivity index (χ1) is 9.06. The van der Waals surface area contributed by atoms with Crippen LogP contribution in [0, 0.1) is 13.8 Å². The van der Waals surface area contributed by atoms with Crippen LogP contribution in [0.25, 0.3) is 5.82 Å². The van der Waals surface area contributed by atoms with E-state index in [-0.39, 0.29) is 6.61 Å². The molecular formula is C14H18ClN3O. The largest absolute Gasteiger partial charge is 0.392 e. The predicted octanol–water partition coefficient (Wildman–Crippen LogP) is 2.98. The fraction of sp³-hybridized carbons (Fsp3) is 0.429. The topological polar surface area (TPSA) is 50.9 Å². The summed E-state index contributed by atoms with van der Waals surface area (Å²) in [7, 11) is 0. The highest BCUT2D eigenvalue weighted by Crippen LogP contribution is 2.22. The van der Waals surface area contributed by atoms with Crippen LogP contribution < -0.4 is 0 Å². The van der Waals surface area contributed by atoms with Crippen molar-refractivity contribution < 1.29 is 5.11 Å². The highest BCUT2D eigenvalue weighted by molar-refractivity contribution is 6.31. The average molecular weight is 280 g/mol. The van der Waals surface area contributed by atoms with E-state index >= 15 is 0 Å². The molecule has 0 atom stereocenters. The van der Waals surface area contributed by atoms with Crippen LogP contribution in [-0.2, 0) is 13.0 Å². The Morgan fingerprint density at radius 3 is 2.58 bits per heavy atom. The third-order valence-corrected chi connectivity index (χ3v) is 3.58. The van der Waals surface area contributed by atoms with Crippen LogP contribution in [-0.4, -0.2) is 19.9 Å². The standard InChI is InChI=1S/C14H18ClN3O/c1-4-5-12-6-11(8-19)7-13(16-12)18-10(3)14(15)9(2)17-18/h6-7,19H,4-5,8H2,1-3H3. The smallest absolute Gasteiger partial charge is 0.154 e. The summed E-state index contributed by atoms with van der Waals surface area (Å²) >= 11 is 6.16. The number of nitrogens with zero attached hydrogens (tertiary/aromatic N) is 3. The fourth-order valence-electron chi connectivity index (χ4n) is 2.06. The van der Waals surface area contributed by atoms with E-state index in [1.807, 2.05) is 26.0 Å². The Labute approximate surface area is 118 Å². The summed E-state index contributed by atoms with van der Waals surface area (Å²) in [6.07, 6.45) is 1.90. The number of aryl methyl sites for hydroxylation is 2. The zero-order valence-electron chi connectivity index (χ0n) is 11.4. The number of aliphatic hydroxyl groups excluding tert-OH is 1. The Bertz CT molecular complexity index is 593. The molecular weight excluding hydrogens is 262 g/mol. The molecule has 2 aromatic heterocycles. The second kappa shape index (κ2) is 5.72. The lowest BCUT2D eigenvalue weighted by molar-refractivity contribution is 0.281. The molecule has 0 saturated heterocycles. The van der Waals surface area contributed by atoms with Gasteiger partial charge in [-0.2, -0.15) is 5.10 Å². The highest BCUT2D eigenvalue weighted by atomic mass is 35.5. The Kier molecular flexibility index (Phi) is 4.22. The van der Waals surface area contributed by atoms with E-state index in [0.717, 1.165) is 35.5 Å². The maximum atomic E-state index is 9.35. The Hall–Kier alpha value is -1.39. The molecule has 0 amide bonds. The summed E-state index contributed by atoms with van der Waals surface area (Å²) in [5, 5.41) is 14.4. The van der Waals surface area contributed by atoms with Crippen molar-refractivity contribution in [1.29, 1.82) is 0 Å². The summed E-state index contributed by atoms with van der Waals surface area (Å²) in [6.45, 7) is 5.89. The lowest BCUT2D eigenvalue weighted by Crippen LogP contribution is -2.06. The van der Waals surface area contributed by atoms with Crippen LogP contribution in [0.5, 0.6) is 0 Å². The summed E-state index contributed by atoms with van der Waals surface area (Å²) < 4.78 is 1.73. The maximum absolute atomic E-state index is 9.35. The number of aliphatic hydroxyl groups is 1. The normalized spacial score (nSPS) is 11.0. The third kappa shape index (κ3) is 2.80. The van der Waals surface area contributed by atoms with Gasteiger partial charge in [0.25, 0.3) is 0 Å². The van der Waals surface area contributed by atoms with Crippen molar-refractivity contribution in [3.63, 3.8) is 0 Å². The van der Waals surface area contributed by atoms with E-state index in [9.17, 15) is 5.11 Å². The lowest BCUT2D eigenvalue weighted by atomic mass is 10.1. The first-order valence-electron chi connectivity index (χ1n) is 6.39. The van der Waals surface area contributed by atoms with Crippen molar-refractivity contribution in [2.24, 2.45) is 0 Å². The Morgan fingerprint density at radius 1 is 1.32 bits per heavy atom. The first kappa shape index (κ1) is 14.0. The van der Waals surface area contributed by atoms with Gasteiger partial charge in [0.1, 0.15) is 0 Å². The molecule has 1 N–H and O–H groups in total. The number of aromatic nitrogens is 3. The Balaban J connectivity index is 2.54. The molecule has 2 heterocycles. The van der Waals surface area contributed by atoms with E-state index in [2.05, 4.69) is 17.0 Å². The molecule has 0 fully saturated rings. The molecule has 102 valence electrons. The van der Waals surface area contributed by atoms with Gasteiger partial charge in [0.05, 0.1) is 23.0 Å². The van der Waals surface area contributed by atoms with Gasteiger partial charge in [-0.15, -0.1) is 0 Å². The molecule has 0 aliphatic carbocycles. The molecule has 2 rings (SSSR count). The van der Waals surface area contributed by atoms with Gasteiger partial charge in [0.2, 0.25) is 0 Å². The van der Waals surface area contributed by atoms with E-state index < -0.39 is 0 Å². The zero-order chi connectivity index (χ0) is 14.0. The molecule has 0 aliphatic heterocycles. The second-order valence-electron chi connectivity index (χ2n) is 4.63. The minimum Gasteiger partial charge on any atom is -0.392 e.